The van der Waals surface area contributed by atoms with Gasteiger partial charge in [0.2, 0.25) is 21.7 Å². The molecular formula is C27H25F3N6O5S. The number of nitrogens with zero attached hydrogens (tertiary/aromatic N) is 6. The van der Waals surface area contributed by atoms with E-state index in [2.05, 4.69) is 15.2 Å². The highest BCUT2D eigenvalue weighted by Gasteiger charge is 2.52. The quantitative estimate of drug-likeness (QED) is 0.348. The summed E-state index contributed by atoms with van der Waals surface area (Å²) >= 11 is 0. The van der Waals surface area contributed by atoms with Crippen molar-refractivity contribution in [1.82, 2.24) is 28.9 Å². The van der Waals surface area contributed by atoms with Crippen LogP contribution in [0.3, 0.4) is 0 Å². The Kier molecular flexibility index (Phi) is 6.49. The van der Waals surface area contributed by atoms with Crippen molar-refractivity contribution in [2.45, 2.75) is 62.2 Å². The van der Waals surface area contributed by atoms with Gasteiger partial charge in [-0.05, 0) is 67.6 Å². The Bertz CT molecular complexity index is 1840. The van der Waals surface area contributed by atoms with E-state index in [1.807, 2.05) is 0 Å². The second-order valence-electron chi connectivity index (χ2n) is 10.6. The molecule has 1 atom stereocenters. The van der Waals surface area contributed by atoms with Crippen molar-refractivity contribution in [1.29, 1.82) is 0 Å². The maximum atomic E-state index is 13.7. The first-order valence-corrected chi connectivity index (χ1v) is 14.5. The molecule has 2 aliphatic rings. The Balaban J connectivity index is 1.40. The number of aromatic nitrogens is 5. The summed E-state index contributed by atoms with van der Waals surface area (Å²) in [5.41, 5.74) is 1.43. The Hall–Kier alpha value is -4.11. The van der Waals surface area contributed by atoms with Gasteiger partial charge in [0.1, 0.15) is 10.5 Å². The van der Waals surface area contributed by atoms with Crippen molar-refractivity contribution < 1.29 is 36.2 Å². The molecule has 42 heavy (non-hydrogen) atoms. The minimum absolute atomic E-state index is 0.0400. The molecule has 0 radical (unpaired) electrons. The summed E-state index contributed by atoms with van der Waals surface area (Å²) in [6, 6.07) is 7.74. The summed E-state index contributed by atoms with van der Waals surface area (Å²) in [7, 11) is -4.01. The molecule has 6 rings (SSSR count). The van der Waals surface area contributed by atoms with E-state index in [0.29, 0.717) is 40.9 Å². The van der Waals surface area contributed by atoms with Gasteiger partial charge in [-0.2, -0.15) is 17.5 Å². The molecule has 4 aromatic heterocycles. The fourth-order valence-corrected chi connectivity index (χ4v) is 6.84. The molecule has 0 amide bonds. The maximum absolute atomic E-state index is 13.7. The maximum Gasteiger partial charge on any atom is 0.452 e. The van der Waals surface area contributed by atoms with Crippen LogP contribution in [0.25, 0.3) is 5.65 Å². The molecular weight excluding hydrogens is 577 g/mol. The fraction of sp³-hybridized carbons (Fsp3) is 0.370. The van der Waals surface area contributed by atoms with E-state index in [9.17, 15) is 31.5 Å². The van der Waals surface area contributed by atoms with Crippen LogP contribution in [0.5, 0.6) is 5.88 Å². The van der Waals surface area contributed by atoms with E-state index >= 15 is 0 Å². The van der Waals surface area contributed by atoms with Gasteiger partial charge in [0.25, 0.3) is 0 Å². The predicted octanol–water partition coefficient (Wildman–Crippen LogP) is 3.88. The molecule has 1 N–H and O–H groups in total. The highest BCUT2D eigenvalue weighted by atomic mass is 32.2. The number of aryl methyl sites for hydroxylation is 2. The van der Waals surface area contributed by atoms with Crippen LogP contribution in [0.15, 0.2) is 47.6 Å². The van der Waals surface area contributed by atoms with Gasteiger partial charge in [-0.3, -0.25) is 14.2 Å². The van der Waals surface area contributed by atoms with Gasteiger partial charge in [0.05, 0.1) is 25.2 Å². The molecule has 0 saturated heterocycles. The summed E-state index contributed by atoms with van der Waals surface area (Å²) in [5.74, 6) is -3.13. The molecule has 1 saturated carbocycles. The normalized spacial score (nSPS) is 18.3. The molecule has 1 spiro atoms. The number of halogens is 3. The van der Waals surface area contributed by atoms with Crippen LogP contribution in [0.4, 0.5) is 13.2 Å². The summed E-state index contributed by atoms with van der Waals surface area (Å²) in [6.45, 7) is 3.32. The lowest BCUT2D eigenvalue weighted by Crippen LogP contribution is -2.38. The molecule has 0 bridgehead atoms. The minimum atomic E-state index is -4.73. The molecule has 15 heteroatoms. The fourth-order valence-electron chi connectivity index (χ4n) is 5.30. The van der Waals surface area contributed by atoms with E-state index in [1.54, 1.807) is 26.0 Å². The Morgan fingerprint density at radius 3 is 2.62 bits per heavy atom. The number of sulfonamides is 1. The molecule has 1 aliphatic heterocycles. The van der Waals surface area contributed by atoms with Crippen LogP contribution < -0.4 is 4.74 Å². The molecule has 0 aromatic carbocycles. The first-order chi connectivity index (χ1) is 19.8. The number of fused-ring (bicyclic) bond motifs is 2. The number of hydrogen-bond acceptors (Lipinski definition) is 8. The number of aliphatic carboxylic acids is 1. The second kappa shape index (κ2) is 9.73. The third-order valence-corrected chi connectivity index (χ3v) is 9.53. The van der Waals surface area contributed by atoms with Crippen LogP contribution in [-0.2, 0) is 27.5 Å². The third-order valence-electron chi connectivity index (χ3n) is 7.72. The average molecular weight is 603 g/mol. The van der Waals surface area contributed by atoms with E-state index in [-0.39, 0.29) is 29.5 Å². The number of carboxylic acid groups (broad SMARTS) is 1. The summed E-state index contributed by atoms with van der Waals surface area (Å²) in [5, 5.41) is 16.7. The van der Waals surface area contributed by atoms with Gasteiger partial charge in [-0.25, -0.2) is 13.4 Å². The lowest BCUT2D eigenvalue weighted by molar-refractivity contribution is -0.145. The van der Waals surface area contributed by atoms with Crippen LogP contribution in [0.1, 0.15) is 59.1 Å². The number of carbonyl (C=O) groups is 1. The monoisotopic (exact) mass is 602 g/mol. The number of hydrogen-bond donors (Lipinski definition) is 1. The topological polar surface area (TPSA) is 140 Å². The second-order valence-corrected chi connectivity index (χ2v) is 12.5. The van der Waals surface area contributed by atoms with E-state index in [1.165, 1.54) is 28.7 Å². The average Bonchev–Trinajstić information content (AvgIpc) is 3.53. The lowest BCUT2D eigenvalue weighted by Gasteiger charge is -2.24. The molecule has 11 nitrogen and oxygen atoms in total. The van der Waals surface area contributed by atoms with Gasteiger partial charge in [0, 0.05) is 24.0 Å². The van der Waals surface area contributed by atoms with Crippen molar-refractivity contribution in [2.75, 3.05) is 6.54 Å². The van der Waals surface area contributed by atoms with Crippen LogP contribution >= 0.6 is 0 Å². The predicted molar refractivity (Wildman–Crippen MR) is 140 cm³/mol. The Morgan fingerprint density at radius 1 is 1.17 bits per heavy atom. The number of ether oxygens (including phenoxy) is 1. The lowest BCUT2D eigenvalue weighted by atomic mass is 9.89. The molecule has 1 aliphatic carbocycles. The molecule has 4 aromatic rings. The van der Waals surface area contributed by atoms with Crippen molar-refractivity contribution in [3.63, 3.8) is 0 Å². The van der Waals surface area contributed by atoms with E-state index in [4.69, 9.17) is 9.72 Å². The van der Waals surface area contributed by atoms with Crippen molar-refractivity contribution in [3.8, 4) is 5.88 Å². The first-order valence-electron chi connectivity index (χ1n) is 13.0. The number of rotatable bonds is 6. The smallest absolute Gasteiger partial charge is 0.452 e. The summed E-state index contributed by atoms with van der Waals surface area (Å²) in [6.07, 6.45) is -1.17. The molecule has 5 heterocycles. The number of carboxylic acids is 1. The number of pyridine rings is 3. The molecule has 220 valence electrons. The van der Waals surface area contributed by atoms with Crippen LogP contribution in [-0.4, -0.2) is 60.5 Å². The zero-order chi connectivity index (χ0) is 30.0. The van der Waals surface area contributed by atoms with Crippen molar-refractivity contribution in [3.05, 3.63) is 76.6 Å². The zero-order valence-electron chi connectivity index (χ0n) is 22.5. The van der Waals surface area contributed by atoms with Crippen molar-refractivity contribution >= 4 is 21.6 Å². The van der Waals surface area contributed by atoms with Crippen LogP contribution in [0.2, 0.25) is 0 Å². The van der Waals surface area contributed by atoms with E-state index < -0.39 is 45.9 Å². The highest BCUT2D eigenvalue weighted by molar-refractivity contribution is 7.89. The Labute approximate surface area is 238 Å². The zero-order valence-corrected chi connectivity index (χ0v) is 23.3. The molecule has 1 fully saturated rings. The van der Waals surface area contributed by atoms with Crippen molar-refractivity contribution in [2.24, 2.45) is 0 Å². The summed E-state index contributed by atoms with van der Waals surface area (Å²) in [4.78, 5) is 20.8. The Morgan fingerprint density at radius 2 is 1.93 bits per heavy atom. The first kappa shape index (κ1) is 28.0. The van der Waals surface area contributed by atoms with Gasteiger partial charge >= 0.3 is 12.1 Å². The van der Waals surface area contributed by atoms with Crippen LogP contribution in [0, 0.1) is 13.8 Å². The van der Waals surface area contributed by atoms with Gasteiger partial charge < -0.3 is 9.84 Å². The third kappa shape index (κ3) is 4.85. The van der Waals surface area contributed by atoms with Gasteiger partial charge in [0.15, 0.2) is 5.65 Å². The largest absolute Gasteiger partial charge is 0.481 e. The molecule has 1 unspecified atom stereocenters. The van der Waals surface area contributed by atoms with Gasteiger partial charge in [-0.1, -0.05) is 6.07 Å². The number of alkyl halides is 3. The SMILES string of the molecule is Cc1ccc(C(CC(=O)O)c2ccn3c(C(F)(F)F)nnc3c2C)nc1CN1CC2(CC2)Oc2ncccc2S1(=O)=O. The van der Waals surface area contributed by atoms with Gasteiger partial charge in [-0.15, -0.1) is 10.2 Å². The standard InChI is InChI=1S/C27H25F3N6O5S/c1-15-5-6-19(18(12-22(37)38)17-7-11-36-23(16(17)2)33-34-25(36)27(28,29)30)32-20(15)13-35-14-26(8-9-26)41-24-21(42(35,39)40)4-3-10-31-24/h3-7,10-11,18H,8-9,12-14H2,1-2H3,(H,37,38). The minimum Gasteiger partial charge on any atom is -0.481 e. The van der Waals surface area contributed by atoms with E-state index in [0.717, 1.165) is 10.6 Å². The highest BCUT2D eigenvalue weighted by Crippen LogP contribution is 2.46. The summed E-state index contributed by atoms with van der Waals surface area (Å²) < 4.78 is 75.7.